The van der Waals surface area contributed by atoms with Gasteiger partial charge >= 0.3 is 0 Å². The molecule has 0 bridgehead atoms. The van der Waals surface area contributed by atoms with Crippen LogP contribution in [0.3, 0.4) is 0 Å². The van der Waals surface area contributed by atoms with Gasteiger partial charge in [-0.1, -0.05) is 30.3 Å². The van der Waals surface area contributed by atoms with Crippen LogP contribution >= 0.6 is 0 Å². The standard InChI is InChI=1S/C12H17N5/c13-9-4-10-17-15-12(14-16-17)8-7-11-5-2-1-3-6-11/h1-3,5-6H,4,7-10,13H2. The Balaban J connectivity index is 1.85. The van der Waals surface area contributed by atoms with Gasteiger partial charge in [0.05, 0.1) is 6.54 Å². The Bertz CT molecular complexity index is 437. The number of tetrazole rings is 1. The number of nitrogens with two attached hydrogens (primary N) is 1. The topological polar surface area (TPSA) is 69.6 Å². The lowest BCUT2D eigenvalue weighted by atomic mass is 10.1. The summed E-state index contributed by atoms with van der Waals surface area (Å²) in [5.74, 6) is 0.797. The summed E-state index contributed by atoms with van der Waals surface area (Å²) < 4.78 is 0. The molecule has 5 heteroatoms. The predicted molar refractivity (Wildman–Crippen MR) is 65.3 cm³/mol. The molecular formula is C12H17N5. The van der Waals surface area contributed by atoms with E-state index in [1.54, 1.807) is 4.80 Å². The van der Waals surface area contributed by atoms with Gasteiger partial charge in [0.1, 0.15) is 0 Å². The minimum Gasteiger partial charge on any atom is -0.330 e. The van der Waals surface area contributed by atoms with Crippen LogP contribution in [0.15, 0.2) is 30.3 Å². The first-order valence-electron chi connectivity index (χ1n) is 5.89. The molecule has 0 aliphatic rings. The highest BCUT2D eigenvalue weighted by molar-refractivity contribution is 5.15. The van der Waals surface area contributed by atoms with E-state index in [0.29, 0.717) is 6.54 Å². The molecule has 0 fully saturated rings. The van der Waals surface area contributed by atoms with Crippen LogP contribution in [-0.4, -0.2) is 26.8 Å². The molecule has 0 radical (unpaired) electrons. The van der Waals surface area contributed by atoms with Crippen molar-refractivity contribution < 1.29 is 0 Å². The van der Waals surface area contributed by atoms with E-state index in [1.165, 1.54) is 5.56 Å². The summed E-state index contributed by atoms with van der Waals surface area (Å²) >= 11 is 0. The number of nitrogens with zero attached hydrogens (tertiary/aromatic N) is 4. The largest absolute Gasteiger partial charge is 0.330 e. The summed E-state index contributed by atoms with van der Waals surface area (Å²) in [5.41, 5.74) is 6.73. The van der Waals surface area contributed by atoms with Crippen molar-refractivity contribution >= 4 is 0 Å². The van der Waals surface area contributed by atoms with Crippen molar-refractivity contribution in [1.29, 1.82) is 0 Å². The van der Waals surface area contributed by atoms with Crippen LogP contribution in [-0.2, 0) is 19.4 Å². The lowest BCUT2D eigenvalue weighted by Gasteiger charge is -1.97. The molecule has 2 N–H and O–H groups in total. The first-order valence-corrected chi connectivity index (χ1v) is 5.89. The SMILES string of the molecule is NCCCn1nnc(CCc2ccccc2)n1. The van der Waals surface area contributed by atoms with Gasteiger partial charge in [0.2, 0.25) is 0 Å². The molecule has 1 aromatic heterocycles. The zero-order valence-electron chi connectivity index (χ0n) is 9.79. The van der Waals surface area contributed by atoms with Crippen LogP contribution in [0.5, 0.6) is 0 Å². The lowest BCUT2D eigenvalue weighted by Crippen LogP contribution is -2.08. The van der Waals surface area contributed by atoms with Gasteiger partial charge in [-0.3, -0.25) is 0 Å². The minimum absolute atomic E-state index is 0.654. The van der Waals surface area contributed by atoms with E-state index >= 15 is 0 Å². The maximum absolute atomic E-state index is 5.43. The molecule has 0 aliphatic carbocycles. The Morgan fingerprint density at radius 3 is 2.71 bits per heavy atom. The molecule has 1 heterocycles. The van der Waals surface area contributed by atoms with E-state index in [9.17, 15) is 0 Å². The first-order chi connectivity index (χ1) is 8.38. The molecule has 0 spiro atoms. The number of benzene rings is 1. The fraction of sp³-hybridized carbons (Fsp3) is 0.417. The Morgan fingerprint density at radius 2 is 1.94 bits per heavy atom. The number of aryl methyl sites for hydroxylation is 3. The van der Waals surface area contributed by atoms with E-state index < -0.39 is 0 Å². The number of hydrogen-bond donors (Lipinski definition) is 1. The van der Waals surface area contributed by atoms with Crippen LogP contribution in [0.2, 0.25) is 0 Å². The van der Waals surface area contributed by atoms with Crippen LogP contribution in [0.25, 0.3) is 0 Å². The summed E-state index contributed by atoms with van der Waals surface area (Å²) in [6.45, 7) is 1.40. The molecule has 2 rings (SSSR count). The van der Waals surface area contributed by atoms with Crippen LogP contribution < -0.4 is 5.73 Å². The molecular weight excluding hydrogens is 214 g/mol. The van der Waals surface area contributed by atoms with Crippen molar-refractivity contribution in [1.82, 2.24) is 20.2 Å². The summed E-state index contributed by atoms with van der Waals surface area (Å²) in [6, 6.07) is 10.3. The average Bonchev–Trinajstić information content (AvgIpc) is 2.83. The van der Waals surface area contributed by atoms with Crippen molar-refractivity contribution in [2.45, 2.75) is 25.8 Å². The van der Waals surface area contributed by atoms with E-state index in [0.717, 1.165) is 31.6 Å². The highest BCUT2D eigenvalue weighted by Crippen LogP contribution is 2.02. The fourth-order valence-electron chi connectivity index (χ4n) is 1.60. The first kappa shape index (κ1) is 11.7. The molecule has 0 aliphatic heterocycles. The molecule has 0 saturated heterocycles. The van der Waals surface area contributed by atoms with Gasteiger partial charge in [0.15, 0.2) is 5.82 Å². The van der Waals surface area contributed by atoms with E-state index in [4.69, 9.17) is 5.73 Å². The molecule has 0 unspecified atom stereocenters. The zero-order chi connectivity index (χ0) is 11.9. The third-order valence-electron chi connectivity index (χ3n) is 2.54. The average molecular weight is 231 g/mol. The summed E-state index contributed by atoms with van der Waals surface area (Å²) in [5, 5.41) is 12.3. The third kappa shape index (κ3) is 3.64. The lowest BCUT2D eigenvalue weighted by molar-refractivity contribution is 0.502. The molecule has 1 aromatic carbocycles. The van der Waals surface area contributed by atoms with Crippen molar-refractivity contribution in [2.75, 3.05) is 6.54 Å². The van der Waals surface area contributed by atoms with Gasteiger partial charge in [-0.25, -0.2) is 0 Å². The summed E-state index contributed by atoms with van der Waals surface area (Å²) in [6.07, 6.45) is 2.66. The van der Waals surface area contributed by atoms with Gasteiger partial charge in [-0.15, -0.1) is 10.2 Å². The number of aromatic nitrogens is 4. The maximum Gasteiger partial charge on any atom is 0.175 e. The Hall–Kier alpha value is -1.75. The van der Waals surface area contributed by atoms with Crippen molar-refractivity contribution in [3.05, 3.63) is 41.7 Å². The van der Waals surface area contributed by atoms with Crippen molar-refractivity contribution in [3.8, 4) is 0 Å². The molecule has 2 aromatic rings. The van der Waals surface area contributed by atoms with E-state index in [-0.39, 0.29) is 0 Å². The van der Waals surface area contributed by atoms with Crippen LogP contribution in [0.4, 0.5) is 0 Å². The molecule has 90 valence electrons. The van der Waals surface area contributed by atoms with Gasteiger partial charge in [0, 0.05) is 6.42 Å². The Morgan fingerprint density at radius 1 is 1.12 bits per heavy atom. The highest BCUT2D eigenvalue weighted by atomic mass is 15.6. The maximum atomic E-state index is 5.43. The van der Waals surface area contributed by atoms with Crippen LogP contribution in [0.1, 0.15) is 17.8 Å². The predicted octanol–water partition coefficient (Wildman–Crippen LogP) is 0.807. The van der Waals surface area contributed by atoms with Gasteiger partial charge < -0.3 is 5.73 Å². The van der Waals surface area contributed by atoms with Crippen molar-refractivity contribution in [2.24, 2.45) is 5.73 Å². The Kier molecular flexibility index (Phi) is 4.21. The monoisotopic (exact) mass is 231 g/mol. The Labute approximate surface area is 101 Å². The fourth-order valence-corrected chi connectivity index (χ4v) is 1.60. The molecule has 0 amide bonds. The smallest absolute Gasteiger partial charge is 0.175 e. The highest BCUT2D eigenvalue weighted by Gasteiger charge is 2.02. The summed E-state index contributed by atoms with van der Waals surface area (Å²) in [4.78, 5) is 1.62. The number of rotatable bonds is 6. The number of hydrogen-bond acceptors (Lipinski definition) is 4. The van der Waals surface area contributed by atoms with Gasteiger partial charge in [0.25, 0.3) is 0 Å². The van der Waals surface area contributed by atoms with Gasteiger partial charge in [-0.2, -0.15) is 4.80 Å². The molecule has 0 atom stereocenters. The second kappa shape index (κ2) is 6.10. The minimum atomic E-state index is 0.654. The van der Waals surface area contributed by atoms with Gasteiger partial charge in [-0.05, 0) is 30.2 Å². The normalized spacial score (nSPS) is 10.6. The van der Waals surface area contributed by atoms with E-state index in [1.807, 2.05) is 18.2 Å². The quantitative estimate of drug-likeness (QED) is 0.798. The van der Waals surface area contributed by atoms with E-state index in [2.05, 4.69) is 27.5 Å². The zero-order valence-corrected chi connectivity index (χ0v) is 9.79. The molecule has 5 nitrogen and oxygen atoms in total. The molecule has 17 heavy (non-hydrogen) atoms. The second-order valence-corrected chi connectivity index (χ2v) is 3.93. The third-order valence-corrected chi connectivity index (χ3v) is 2.54. The summed E-state index contributed by atoms with van der Waals surface area (Å²) in [7, 11) is 0. The van der Waals surface area contributed by atoms with Crippen LogP contribution in [0, 0.1) is 0 Å². The van der Waals surface area contributed by atoms with Crippen molar-refractivity contribution in [3.63, 3.8) is 0 Å². The molecule has 0 saturated carbocycles. The second-order valence-electron chi connectivity index (χ2n) is 3.93.